The first-order chi connectivity index (χ1) is 10.9. The molecule has 2 aromatic carbocycles. The van der Waals surface area contributed by atoms with E-state index in [1.165, 1.54) is 12.1 Å². The van der Waals surface area contributed by atoms with Crippen LogP contribution in [0.3, 0.4) is 0 Å². The fraction of sp³-hybridized carbons (Fsp3) is 0.188. The average molecular weight is 349 g/mol. The van der Waals surface area contributed by atoms with Gasteiger partial charge in [0.05, 0.1) is 10.6 Å². The first-order valence-corrected chi connectivity index (χ1v) is 9.05. The van der Waals surface area contributed by atoms with E-state index in [9.17, 15) is 8.42 Å². The van der Waals surface area contributed by atoms with Gasteiger partial charge in [-0.2, -0.15) is 0 Å². The monoisotopic (exact) mass is 349 g/mol. The Labute approximate surface area is 142 Å². The number of para-hydroxylation sites is 1. The second-order valence-corrected chi connectivity index (χ2v) is 7.02. The predicted molar refractivity (Wildman–Crippen MR) is 98.3 cm³/mol. The summed E-state index contributed by atoms with van der Waals surface area (Å²) in [5.74, 6) is 0. The summed E-state index contributed by atoms with van der Waals surface area (Å²) in [6.07, 6.45) is 0. The largest absolute Gasteiger partial charge is 0.363 e. The van der Waals surface area contributed by atoms with E-state index in [4.69, 9.17) is 12.2 Å². The normalized spacial score (nSPS) is 10.9. The molecule has 0 heterocycles. The Balaban J connectivity index is 2.14. The van der Waals surface area contributed by atoms with E-state index in [0.717, 1.165) is 17.8 Å². The molecule has 2 aromatic rings. The van der Waals surface area contributed by atoms with Gasteiger partial charge in [0.1, 0.15) is 0 Å². The quantitative estimate of drug-likeness (QED) is 0.724. The van der Waals surface area contributed by atoms with Crippen molar-refractivity contribution < 1.29 is 8.42 Å². The molecule has 0 aliphatic heterocycles. The van der Waals surface area contributed by atoms with E-state index < -0.39 is 10.0 Å². The topological polar surface area (TPSA) is 70.2 Å². The van der Waals surface area contributed by atoms with Gasteiger partial charge in [-0.25, -0.2) is 8.42 Å². The molecule has 0 saturated carbocycles. The molecular formula is C16H19N3O2S2. The van der Waals surface area contributed by atoms with Crippen molar-refractivity contribution in [2.24, 2.45) is 0 Å². The Morgan fingerprint density at radius 2 is 1.74 bits per heavy atom. The Bertz CT molecular complexity index is 787. The lowest BCUT2D eigenvalue weighted by Crippen LogP contribution is -2.27. The molecule has 122 valence electrons. The molecule has 0 fully saturated rings. The van der Waals surface area contributed by atoms with Crippen LogP contribution in [0.4, 0.5) is 11.4 Å². The molecule has 0 atom stereocenters. The van der Waals surface area contributed by atoms with Crippen LogP contribution in [-0.4, -0.2) is 20.1 Å². The van der Waals surface area contributed by atoms with Crippen LogP contribution in [0.15, 0.2) is 53.4 Å². The van der Waals surface area contributed by atoms with Crippen LogP contribution in [-0.2, 0) is 10.0 Å². The van der Waals surface area contributed by atoms with Gasteiger partial charge in [-0.3, -0.25) is 4.72 Å². The molecule has 0 amide bonds. The number of hydrogen-bond donors (Lipinski definition) is 3. The second-order valence-electron chi connectivity index (χ2n) is 4.93. The van der Waals surface area contributed by atoms with Crippen LogP contribution in [0.5, 0.6) is 0 Å². The lowest BCUT2D eigenvalue weighted by Gasteiger charge is -2.12. The van der Waals surface area contributed by atoms with E-state index in [1.807, 2.05) is 26.0 Å². The summed E-state index contributed by atoms with van der Waals surface area (Å²) >= 11 is 5.09. The Morgan fingerprint density at radius 1 is 1.09 bits per heavy atom. The zero-order chi connectivity index (χ0) is 16.9. The first kappa shape index (κ1) is 17.2. The molecule has 0 saturated heterocycles. The van der Waals surface area contributed by atoms with Crippen molar-refractivity contribution in [2.75, 3.05) is 16.6 Å². The summed E-state index contributed by atoms with van der Waals surface area (Å²) in [5, 5.41) is 6.45. The number of aryl methyl sites for hydroxylation is 1. The number of rotatable bonds is 5. The molecule has 0 aliphatic carbocycles. The average Bonchev–Trinajstić information content (AvgIpc) is 2.50. The summed E-state index contributed by atoms with van der Waals surface area (Å²) in [6, 6.07) is 13.7. The van der Waals surface area contributed by atoms with Crippen LogP contribution < -0.4 is 15.4 Å². The standard InChI is InChI=1S/C16H19N3O2S2/c1-3-17-16(22)18-13-8-10-14(11-9-13)23(20,21)19-15-7-5-4-6-12(15)2/h4-11,19H,3H2,1-2H3,(H2,17,18,22). The Kier molecular flexibility index (Phi) is 5.57. The zero-order valence-corrected chi connectivity index (χ0v) is 14.6. The minimum Gasteiger partial charge on any atom is -0.363 e. The third-order valence-electron chi connectivity index (χ3n) is 3.15. The number of thiocarbonyl (C=S) groups is 1. The number of nitrogens with one attached hydrogen (secondary N) is 3. The minimum atomic E-state index is -3.62. The van der Waals surface area contributed by atoms with Gasteiger partial charge >= 0.3 is 0 Å². The summed E-state index contributed by atoms with van der Waals surface area (Å²) in [4.78, 5) is 0.195. The van der Waals surface area contributed by atoms with Crippen molar-refractivity contribution in [3.05, 3.63) is 54.1 Å². The molecule has 0 bridgehead atoms. The molecule has 5 nitrogen and oxygen atoms in total. The molecule has 0 spiro atoms. The van der Waals surface area contributed by atoms with Gasteiger partial charge in [0, 0.05) is 12.2 Å². The van der Waals surface area contributed by atoms with E-state index in [-0.39, 0.29) is 4.90 Å². The maximum absolute atomic E-state index is 12.4. The maximum Gasteiger partial charge on any atom is 0.261 e. The van der Waals surface area contributed by atoms with E-state index in [2.05, 4.69) is 15.4 Å². The summed E-state index contributed by atoms with van der Waals surface area (Å²) in [6.45, 7) is 4.52. The molecule has 23 heavy (non-hydrogen) atoms. The van der Waals surface area contributed by atoms with Gasteiger partial charge in [0.15, 0.2) is 5.11 Å². The van der Waals surface area contributed by atoms with Gasteiger partial charge in [-0.05, 0) is 62.0 Å². The highest BCUT2D eigenvalue weighted by Crippen LogP contribution is 2.20. The van der Waals surface area contributed by atoms with Crippen LogP contribution in [0.25, 0.3) is 0 Å². The van der Waals surface area contributed by atoms with E-state index >= 15 is 0 Å². The fourth-order valence-corrected chi connectivity index (χ4v) is 3.34. The van der Waals surface area contributed by atoms with E-state index in [0.29, 0.717) is 10.8 Å². The molecule has 0 aliphatic rings. The number of anilines is 2. The lowest BCUT2D eigenvalue weighted by molar-refractivity contribution is 0.601. The number of sulfonamides is 1. The predicted octanol–water partition coefficient (Wildman–Crippen LogP) is 3.10. The third kappa shape index (κ3) is 4.67. The summed E-state index contributed by atoms with van der Waals surface area (Å²) in [7, 11) is -3.62. The van der Waals surface area contributed by atoms with Crippen molar-refractivity contribution >= 4 is 38.7 Å². The Hall–Kier alpha value is -2.12. The van der Waals surface area contributed by atoms with Crippen LogP contribution in [0.1, 0.15) is 12.5 Å². The van der Waals surface area contributed by atoms with Gasteiger partial charge in [0.25, 0.3) is 10.0 Å². The van der Waals surface area contributed by atoms with Crippen molar-refractivity contribution in [3.63, 3.8) is 0 Å². The molecular weight excluding hydrogens is 330 g/mol. The van der Waals surface area contributed by atoms with Gasteiger partial charge in [0.2, 0.25) is 0 Å². The van der Waals surface area contributed by atoms with Gasteiger partial charge < -0.3 is 10.6 Å². The van der Waals surface area contributed by atoms with Crippen LogP contribution in [0, 0.1) is 6.92 Å². The molecule has 7 heteroatoms. The molecule has 0 radical (unpaired) electrons. The molecule has 0 unspecified atom stereocenters. The Morgan fingerprint density at radius 3 is 2.35 bits per heavy atom. The third-order valence-corrected chi connectivity index (χ3v) is 4.78. The number of hydrogen-bond acceptors (Lipinski definition) is 3. The van der Waals surface area contributed by atoms with Crippen LogP contribution in [0.2, 0.25) is 0 Å². The van der Waals surface area contributed by atoms with Crippen molar-refractivity contribution in [2.45, 2.75) is 18.7 Å². The van der Waals surface area contributed by atoms with E-state index in [1.54, 1.807) is 24.3 Å². The van der Waals surface area contributed by atoms with Crippen molar-refractivity contribution in [1.82, 2.24) is 5.32 Å². The highest BCUT2D eigenvalue weighted by Gasteiger charge is 2.15. The lowest BCUT2D eigenvalue weighted by atomic mass is 10.2. The SMILES string of the molecule is CCNC(=S)Nc1ccc(S(=O)(=O)Nc2ccccc2C)cc1. The summed E-state index contributed by atoms with van der Waals surface area (Å²) < 4.78 is 27.4. The number of benzene rings is 2. The highest BCUT2D eigenvalue weighted by molar-refractivity contribution is 7.92. The second kappa shape index (κ2) is 7.43. The zero-order valence-electron chi connectivity index (χ0n) is 13.0. The van der Waals surface area contributed by atoms with Crippen LogP contribution >= 0.6 is 12.2 Å². The van der Waals surface area contributed by atoms with Crippen molar-refractivity contribution in [1.29, 1.82) is 0 Å². The fourth-order valence-electron chi connectivity index (χ4n) is 1.94. The first-order valence-electron chi connectivity index (χ1n) is 7.16. The summed E-state index contributed by atoms with van der Waals surface area (Å²) in [5.41, 5.74) is 2.17. The molecule has 0 aromatic heterocycles. The maximum atomic E-state index is 12.4. The van der Waals surface area contributed by atoms with Gasteiger partial charge in [-0.1, -0.05) is 18.2 Å². The smallest absolute Gasteiger partial charge is 0.261 e. The molecule has 2 rings (SSSR count). The minimum absolute atomic E-state index is 0.195. The highest BCUT2D eigenvalue weighted by atomic mass is 32.2. The van der Waals surface area contributed by atoms with Gasteiger partial charge in [-0.15, -0.1) is 0 Å². The van der Waals surface area contributed by atoms with Crippen molar-refractivity contribution in [3.8, 4) is 0 Å². The molecule has 3 N–H and O–H groups in total.